The predicted molar refractivity (Wildman–Crippen MR) is 48.9 cm³/mol. The zero-order chi connectivity index (χ0) is 10.6. The average Bonchev–Trinajstić information content (AvgIpc) is 2.14. The van der Waals surface area contributed by atoms with Crippen molar-refractivity contribution >= 4 is 0 Å². The van der Waals surface area contributed by atoms with E-state index in [2.05, 4.69) is 5.32 Å². The first kappa shape index (κ1) is 11.8. The fraction of sp³-hybridized carbons (Fsp3) is 1.00. The standard InChI is InChI=1S/C9H17F3N2/c1-2-14(9(10,11)12)7-8-5-3-4-6-13-8/h8,13H,2-7H2,1H3. The second kappa shape index (κ2) is 4.98. The van der Waals surface area contributed by atoms with Crippen molar-refractivity contribution in [2.75, 3.05) is 19.6 Å². The molecular weight excluding hydrogens is 193 g/mol. The van der Waals surface area contributed by atoms with Crippen LogP contribution in [0.2, 0.25) is 0 Å². The molecule has 2 nitrogen and oxygen atoms in total. The summed E-state index contributed by atoms with van der Waals surface area (Å²) < 4.78 is 37.1. The summed E-state index contributed by atoms with van der Waals surface area (Å²) in [6.07, 6.45) is -1.22. The zero-order valence-corrected chi connectivity index (χ0v) is 8.40. The number of rotatable bonds is 3. The molecule has 1 N–H and O–H groups in total. The summed E-state index contributed by atoms with van der Waals surface area (Å²) in [5.41, 5.74) is 0. The number of nitrogens with zero attached hydrogens (tertiary/aromatic N) is 1. The summed E-state index contributed by atoms with van der Waals surface area (Å²) in [5.74, 6) is 0. The van der Waals surface area contributed by atoms with Crippen LogP contribution in [0.3, 0.4) is 0 Å². The smallest absolute Gasteiger partial charge is 0.313 e. The summed E-state index contributed by atoms with van der Waals surface area (Å²) in [4.78, 5) is 0.565. The number of alkyl halides is 3. The van der Waals surface area contributed by atoms with Gasteiger partial charge in [0, 0.05) is 19.1 Å². The van der Waals surface area contributed by atoms with Crippen LogP contribution in [-0.2, 0) is 0 Å². The molecule has 84 valence electrons. The van der Waals surface area contributed by atoms with E-state index in [-0.39, 0.29) is 19.1 Å². The van der Waals surface area contributed by atoms with Crippen LogP contribution in [0.1, 0.15) is 26.2 Å². The summed E-state index contributed by atoms with van der Waals surface area (Å²) in [6.45, 7) is 2.50. The van der Waals surface area contributed by atoms with E-state index in [1.54, 1.807) is 0 Å². The van der Waals surface area contributed by atoms with Crippen LogP contribution in [0.25, 0.3) is 0 Å². The van der Waals surface area contributed by atoms with Gasteiger partial charge in [-0.05, 0) is 19.4 Å². The van der Waals surface area contributed by atoms with Crippen LogP contribution >= 0.6 is 0 Å². The number of piperidine rings is 1. The lowest BCUT2D eigenvalue weighted by atomic mass is 10.0. The maximum absolute atomic E-state index is 12.4. The second-order valence-corrected chi connectivity index (χ2v) is 3.65. The van der Waals surface area contributed by atoms with Gasteiger partial charge in [0.2, 0.25) is 0 Å². The first-order valence-corrected chi connectivity index (χ1v) is 5.09. The van der Waals surface area contributed by atoms with E-state index >= 15 is 0 Å². The van der Waals surface area contributed by atoms with Gasteiger partial charge in [-0.15, -0.1) is 0 Å². The third kappa shape index (κ3) is 3.46. The van der Waals surface area contributed by atoms with Gasteiger partial charge in [0.15, 0.2) is 0 Å². The van der Waals surface area contributed by atoms with E-state index in [1.807, 2.05) is 0 Å². The molecule has 0 bridgehead atoms. The van der Waals surface area contributed by atoms with Crippen molar-refractivity contribution in [3.05, 3.63) is 0 Å². The molecule has 5 heteroatoms. The third-order valence-electron chi connectivity index (χ3n) is 2.59. The molecule has 0 spiro atoms. The van der Waals surface area contributed by atoms with Crippen molar-refractivity contribution < 1.29 is 13.2 Å². The Labute approximate surface area is 82.5 Å². The monoisotopic (exact) mass is 210 g/mol. The molecule has 1 aliphatic heterocycles. The van der Waals surface area contributed by atoms with Crippen molar-refractivity contribution in [1.29, 1.82) is 0 Å². The molecule has 0 aromatic rings. The molecule has 0 radical (unpaired) electrons. The molecule has 0 aromatic carbocycles. The maximum Gasteiger partial charge on any atom is 0.459 e. The van der Waals surface area contributed by atoms with Crippen molar-refractivity contribution in [1.82, 2.24) is 10.2 Å². The fourth-order valence-electron chi connectivity index (χ4n) is 1.76. The first-order valence-electron chi connectivity index (χ1n) is 5.09. The Balaban J connectivity index is 2.39. The first-order chi connectivity index (χ1) is 6.54. The van der Waals surface area contributed by atoms with Crippen LogP contribution in [-0.4, -0.2) is 36.9 Å². The lowest BCUT2D eigenvalue weighted by molar-refractivity contribution is -0.245. The summed E-state index contributed by atoms with van der Waals surface area (Å²) in [7, 11) is 0. The van der Waals surface area contributed by atoms with Crippen molar-refractivity contribution in [2.24, 2.45) is 0 Å². The van der Waals surface area contributed by atoms with Crippen LogP contribution < -0.4 is 5.32 Å². The summed E-state index contributed by atoms with van der Waals surface area (Å²) >= 11 is 0. The largest absolute Gasteiger partial charge is 0.459 e. The highest BCUT2D eigenvalue weighted by atomic mass is 19.4. The van der Waals surface area contributed by atoms with Crippen LogP contribution in [0.15, 0.2) is 0 Å². The molecule has 1 rings (SSSR count). The van der Waals surface area contributed by atoms with E-state index in [9.17, 15) is 13.2 Å². The number of hydrogen-bond donors (Lipinski definition) is 1. The SMILES string of the molecule is CCN(CC1CCCCN1)C(F)(F)F. The van der Waals surface area contributed by atoms with E-state index < -0.39 is 6.30 Å². The second-order valence-electron chi connectivity index (χ2n) is 3.65. The minimum absolute atomic E-state index is 0.00493. The van der Waals surface area contributed by atoms with Gasteiger partial charge < -0.3 is 5.32 Å². The molecule has 1 aliphatic rings. The molecule has 14 heavy (non-hydrogen) atoms. The molecule has 1 atom stereocenters. The van der Waals surface area contributed by atoms with Gasteiger partial charge in [0.05, 0.1) is 0 Å². The Kier molecular flexibility index (Phi) is 4.19. The van der Waals surface area contributed by atoms with Gasteiger partial charge in [-0.3, -0.25) is 0 Å². The van der Waals surface area contributed by atoms with Crippen LogP contribution in [0, 0.1) is 0 Å². The quantitative estimate of drug-likeness (QED) is 0.716. The van der Waals surface area contributed by atoms with Crippen LogP contribution in [0.5, 0.6) is 0 Å². The average molecular weight is 210 g/mol. The van der Waals surface area contributed by atoms with E-state index in [0.29, 0.717) is 4.90 Å². The van der Waals surface area contributed by atoms with Gasteiger partial charge in [-0.1, -0.05) is 13.3 Å². The highest BCUT2D eigenvalue weighted by Crippen LogP contribution is 2.22. The topological polar surface area (TPSA) is 15.3 Å². The molecule has 0 aromatic heterocycles. The van der Waals surface area contributed by atoms with E-state index in [1.165, 1.54) is 6.92 Å². The van der Waals surface area contributed by atoms with Crippen molar-refractivity contribution in [3.8, 4) is 0 Å². The van der Waals surface area contributed by atoms with Gasteiger partial charge >= 0.3 is 6.30 Å². The number of halogens is 3. The van der Waals surface area contributed by atoms with Gasteiger partial charge in [0.25, 0.3) is 0 Å². The molecule has 1 saturated heterocycles. The number of likely N-dealkylation sites (N-methyl/N-ethyl adjacent to an activating group) is 1. The molecule has 0 aliphatic carbocycles. The van der Waals surface area contributed by atoms with Crippen molar-refractivity contribution in [2.45, 2.75) is 38.5 Å². The highest BCUT2D eigenvalue weighted by Gasteiger charge is 2.37. The maximum atomic E-state index is 12.4. The lowest BCUT2D eigenvalue weighted by Gasteiger charge is -2.30. The van der Waals surface area contributed by atoms with Gasteiger partial charge in [-0.25, -0.2) is 4.90 Å². The zero-order valence-electron chi connectivity index (χ0n) is 8.40. The third-order valence-corrected chi connectivity index (χ3v) is 2.59. The Morgan fingerprint density at radius 2 is 2.07 bits per heavy atom. The molecule has 1 heterocycles. The van der Waals surface area contributed by atoms with Gasteiger partial charge in [-0.2, -0.15) is 13.2 Å². The van der Waals surface area contributed by atoms with Crippen molar-refractivity contribution in [3.63, 3.8) is 0 Å². The Morgan fingerprint density at radius 1 is 1.36 bits per heavy atom. The Bertz CT molecular complexity index is 164. The minimum atomic E-state index is -4.19. The van der Waals surface area contributed by atoms with Crippen LogP contribution in [0.4, 0.5) is 13.2 Å². The normalized spacial score (nSPS) is 24.2. The number of hydrogen-bond acceptors (Lipinski definition) is 2. The molecule has 0 amide bonds. The van der Waals surface area contributed by atoms with E-state index in [4.69, 9.17) is 0 Å². The molecule has 0 saturated carbocycles. The molecular formula is C9H17F3N2. The highest BCUT2D eigenvalue weighted by molar-refractivity contribution is 4.76. The van der Waals surface area contributed by atoms with Gasteiger partial charge in [0.1, 0.15) is 0 Å². The summed E-state index contributed by atoms with van der Waals surface area (Å²) in [5, 5.41) is 3.11. The summed E-state index contributed by atoms with van der Waals surface area (Å²) in [6, 6.07) is 0.00493. The Hall–Kier alpha value is -0.290. The number of nitrogens with one attached hydrogen (secondary N) is 1. The van der Waals surface area contributed by atoms with E-state index in [0.717, 1.165) is 25.8 Å². The molecule has 1 fully saturated rings. The molecule has 1 unspecified atom stereocenters. The fourth-order valence-corrected chi connectivity index (χ4v) is 1.76. The minimum Gasteiger partial charge on any atom is -0.313 e. The lowest BCUT2D eigenvalue weighted by Crippen LogP contribution is -2.48. The Morgan fingerprint density at radius 3 is 2.50 bits per heavy atom. The predicted octanol–water partition coefficient (Wildman–Crippen LogP) is 1.97.